The molecule has 0 saturated carbocycles. The standard InChI is InChI=1S/C10H8BrClN2O2/c1-16-10-7(11)4-6(12)5-8(10)14-9(15)2-3-13/h4-5H,2H2,1H3,(H,14,15). The number of ether oxygens (including phenoxy) is 1. The molecule has 0 radical (unpaired) electrons. The van der Waals surface area contributed by atoms with Gasteiger partial charge < -0.3 is 10.1 Å². The highest BCUT2D eigenvalue weighted by Crippen LogP contribution is 2.36. The van der Waals surface area contributed by atoms with E-state index in [9.17, 15) is 4.79 Å². The van der Waals surface area contributed by atoms with Gasteiger partial charge in [0.2, 0.25) is 5.91 Å². The minimum absolute atomic E-state index is 0.215. The lowest BCUT2D eigenvalue weighted by atomic mass is 10.3. The van der Waals surface area contributed by atoms with Gasteiger partial charge in [0.05, 0.1) is 23.3 Å². The minimum atomic E-state index is -0.407. The van der Waals surface area contributed by atoms with E-state index in [0.29, 0.717) is 20.9 Å². The average molecular weight is 304 g/mol. The topological polar surface area (TPSA) is 62.1 Å². The Morgan fingerprint density at radius 2 is 2.38 bits per heavy atom. The van der Waals surface area contributed by atoms with Crippen molar-refractivity contribution in [3.63, 3.8) is 0 Å². The van der Waals surface area contributed by atoms with Gasteiger partial charge >= 0.3 is 0 Å². The second kappa shape index (κ2) is 5.73. The fraction of sp³-hybridized carbons (Fsp3) is 0.200. The molecule has 0 fully saturated rings. The number of carbonyl (C=O) groups is 1. The zero-order chi connectivity index (χ0) is 12.1. The van der Waals surface area contributed by atoms with Gasteiger partial charge in [-0.25, -0.2) is 0 Å². The number of carbonyl (C=O) groups excluding carboxylic acids is 1. The van der Waals surface area contributed by atoms with E-state index in [1.54, 1.807) is 18.2 Å². The van der Waals surface area contributed by atoms with Crippen molar-refractivity contribution in [2.24, 2.45) is 0 Å². The van der Waals surface area contributed by atoms with Crippen LogP contribution >= 0.6 is 27.5 Å². The third-order valence-corrected chi connectivity index (χ3v) is 2.53. The molecule has 1 aromatic carbocycles. The number of nitriles is 1. The molecule has 0 aliphatic carbocycles. The Hall–Kier alpha value is -1.25. The van der Waals surface area contributed by atoms with Gasteiger partial charge in [-0.05, 0) is 28.1 Å². The van der Waals surface area contributed by atoms with E-state index in [1.165, 1.54) is 7.11 Å². The molecule has 1 amide bonds. The van der Waals surface area contributed by atoms with E-state index in [4.69, 9.17) is 21.6 Å². The fourth-order valence-corrected chi connectivity index (χ4v) is 2.10. The van der Waals surface area contributed by atoms with Crippen molar-refractivity contribution < 1.29 is 9.53 Å². The van der Waals surface area contributed by atoms with Gasteiger partial charge in [-0.3, -0.25) is 4.79 Å². The van der Waals surface area contributed by atoms with Crippen LogP contribution in [0, 0.1) is 11.3 Å². The van der Waals surface area contributed by atoms with Crippen LogP contribution in [0.3, 0.4) is 0 Å². The van der Waals surface area contributed by atoms with Gasteiger partial charge in [-0.15, -0.1) is 0 Å². The van der Waals surface area contributed by atoms with Gasteiger partial charge in [-0.2, -0.15) is 5.26 Å². The summed E-state index contributed by atoms with van der Waals surface area (Å²) < 4.78 is 5.74. The van der Waals surface area contributed by atoms with E-state index in [0.717, 1.165) is 0 Å². The van der Waals surface area contributed by atoms with Crippen molar-refractivity contribution in [2.45, 2.75) is 6.42 Å². The lowest BCUT2D eigenvalue weighted by molar-refractivity contribution is -0.115. The monoisotopic (exact) mass is 302 g/mol. The maximum absolute atomic E-state index is 11.3. The van der Waals surface area contributed by atoms with E-state index in [-0.39, 0.29) is 6.42 Å². The highest BCUT2D eigenvalue weighted by molar-refractivity contribution is 9.10. The number of halogens is 2. The van der Waals surface area contributed by atoms with Crippen molar-refractivity contribution in [3.05, 3.63) is 21.6 Å². The number of rotatable bonds is 3. The molecule has 4 nitrogen and oxygen atoms in total. The molecule has 0 unspecified atom stereocenters. The molecule has 0 saturated heterocycles. The number of benzene rings is 1. The Morgan fingerprint density at radius 1 is 1.69 bits per heavy atom. The summed E-state index contributed by atoms with van der Waals surface area (Å²) in [5, 5.41) is 11.4. The van der Waals surface area contributed by atoms with Crippen LogP contribution < -0.4 is 10.1 Å². The molecule has 1 aromatic rings. The molecule has 0 aliphatic heterocycles. The molecule has 1 N–H and O–H groups in total. The van der Waals surface area contributed by atoms with Crippen LogP contribution in [-0.2, 0) is 4.79 Å². The first-order valence-corrected chi connectivity index (χ1v) is 5.45. The van der Waals surface area contributed by atoms with E-state index in [2.05, 4.69) is 21.2 Å². The van der Waals surface area contributed by atoms with Crippen LogP contribution in [0.5, 0.6) is 5.75 Å². The summed E-state index contributed by atoms with van der Waals surface area (Å²) in [4.78, 5) is 11.3. The smallest absolute Gasteiger partial charge is 0.238 e. The summed E-state index contributed by atoms with van der Waals surface area (Å²) in [5.41, 5.74) is 0.433. The maximum atomic E-state index is 11.3. The Bertz CT molecular complexity index is 457. The predicted molar refractivity (Wildman–Crippen MR) is 64.6 cm³/mol. The zero-order valence-corrected chi connectivity index (χ0v) is 10.7. The Morgan fingerprint density at radius 3 is 2.94 bits per heavy atom. The maximum Gasteiger partial charge on any atom is 0.238 e. The molecule has 16 heavy (non-hydrogen) atoms. The van der Waals surface area contributed by atoms with Crippen LogP contribution in [0.25, 0.3) is 0 Å². The van der Waals surface area contributed by atoms with Gasteiger partial charge in [0.15, 0.2) is 5.75 Å². The number of nitrogens with zero attached hydrogens (tertiary/aromatic N) is 1. The summed E-state index contributed by atoms with van der Waals surface area (Å²) in [7, 11) is 1.48. The molecule has 6 heteroatoms. The third kappa shape index (κ3) is 3.12. The van der Waals surface area contributed by atoms with Crippen LogP contribution in [0.4, 0.5) is 5.69 Å². The van der Waals surface area contributed by atoms with Gasteiger partial charge in [-0.1, -0.05) is 11.6 Å². The van der Waals surface area contributed by atoms with Crippen LogP contribution in [-0.4, -0.2) is 13.0 Å². The normalized spacial score (nSPS) is 9.38. The average Bonchev–Trinajstić information content (AvgIpc) is 2.17. The molecular formula is C10H8BrClN2O2. The molecule has 0 atom stereocenters. The van der Waals surface area contributed by atoms with E-state index >= 15 is 0 Å². The second-order valence-corrected chi connectivity index (χ2v) is 4.14. The van der Waals surface area contributed by atoms with Crippen molar-refractivity contribution in [1.82, 2.24) is 0 Å². The highest BCUT2D eigenvalue weighted by Gasteiger charge is 2.11. The van der Waals surface area contributed by atoms with Crippen LogP contribution in [0.15, 0.2) is 16.6 Å². The van der Waals surface area contributed by atoms with Crippen LogP contribution in [0.2, 0.25) is 5.02 Å². The highest BCUT2D eigenvalue weighted by atomic mass is 79.9. The van der Waals surface area contributed by atoms with Crippen molar-refractivity contribution in [2.75, 3.05) is 12.4 Å². The Balaban J connectivity index is 3.03. The molecular weight excluding hydrogens is 295 g/mol. The number of amides is 1. The van der Waals surface area contributed by atoms with Crippen molar-refractivity contribution in [3.8, 4) is 11.8 Å². The molecule has 0 aromatic heterocycles. The van der Waals surface area contributed by atoms with Crippen molar-refractivity contribution in [1.29, 1.82) is 5.26 Å². The molecule has 0 heterocycles. The van der Waals surface area contributed by atoms with E-state index < -0.39 is 5.91 Å². The molecule has 0 aliphatic rings. The second-order valence-electron chi connectivity index (χ2n) is 2.85. The van der Waals surface area contributed by atoms with Crippen LogP contribution in [0.1, 0.15) is 6.42 Å². The minimum Gasteiger partial charge on any atom is -0.493 e. The quantitative estimate of drug-likeness (QED) is 0.934. The first-order chi connectivity index (χ1) is 7.58. The largest absolute Gasteiger partial charge is 0.493 e. The number of hydrogen-bond donors (Lipinski definition) is 1. The Labute approximate surface area is 106 Å². The zero-order valence-electron chi connectivity index (χ0n) is 8.38. The lowest BCUT2D eigenvalue weighted by Gasteiger charge is -2.11. The summed E-state index contributed by atoms with van der Waals surface area (Å²) in [5.74, 6) is 0.0608. The first-order valence-electron chi connectivity index (χ1n) is 4.28. The molecule has 84 valence electrons. The fourth-order valence-electron chi connectivity index (χ4n) is 1.13. The molecule has 1 rings (SSSR count). The lowest BCUT2D eigenvalue weighted by Crippen LogP contribution is -2.11. The number of hydrogen-bond acceptors (Lipinski definition) is 3. The summed E-state index contributed by atoms with van der Waals surface area (Å²) in [6.45, 7) is 0. The summed E-state index contributed by atoms with van der Waals surface area (Å²) in [6, 6.07) is 4.97. The molecule has 0 bridgehead atoms. The van der Waals surface area contributed by atoms with Crippen molar-refractivity contribution >= 4 is 39.1 Å². The number of methoxy groups -OCH3 is 1. The number of anilines is 1. The number of nitrogens with one attached hydrogen (secondary N) is 1. The molecule has 0 spiro atoms. The third-order valence-electron chi connectivity index (χ3n) is 1.73. The predicted octanol–water partition coefficient (Wildman–Crippen LogP) is 2.96. The van der Waals surface area contributed by atoms with E-state index in [1.807, 2.05) is 0 Å². The Kier molecular flexibility index (Phi) is 4.59. The van der Waals surface area contributed by atoms with Gasteiger partial charge in [0.1, 0.15) is 6.42 Å². The summed E-state index contributed by atoms with van der Waals surface area (Å²) in [6.07, 6.45) is -0.215. The van der Waals surface area contributed by atoms with Gasteiger partial charge in [0, 0.05) is 5.02 Å². The SMILES string of the molecule is COc1c(Br)cc(Cl)cc1NC(=O)CC#N. The summed E-state index contributed by atoms with van der Waals surface area (Å²) >= 11 is 9.10. The first kappa shape index (κ1) is 12.8. The van der Waals surface area contributed by atoms with Gasteiger partial charge in [0.25, 0.3) is 0 Å².